The maximum atomic E-state index is 12.0. The van der Waals surface area contributed by atoms with Crippen molar-refractivity contribution in [2.75, 3.05) is 25.1 Å². The third kappa shape index (κ3) is 10.5. The molecule has 0 radical (unpaired) electrons. The summed E-state index contributed by atoms with van der Waals surface area (Å²) in [4.78, 5) is 33.7. The predicted octanol–water partition coefficient (Wildman–Crippen LogP) is 4.52. The summed E-state index contributed by atoms with van der Waals surface area (Å²) in [7, 11) is -2.80. The molecule has 0 aliphatic carbocycles. The molecular formula is C29H44N7O6P. The van der Waals surface area contributed by atoms with E-state index in [1.54, 1.807) is 17.8 Å². The molecule has 13 nitrogen and oxygen atoms in total. The van der Waals surface area contributed by atoms with Crippen LogP contribution in [0.1, 0.15) is 54.2 Å². The van der Waals surface area contributed by atoms with Crippen molar-refractivity contribution in [3.05, 3.63) is 47.0 Å². The van der Waals surface area contributed by atoms with Gasteiger partial charge in [0.05, 0.1) is 25.6 Å². The Balaban J connectivity index is 0.000000422. The summed E-state index contributed by atoms with van der Waals surface area (Å²) in [5.41, 5.74) is 11.2. The number of aromatic amines is 1. The molecule has 4 rings (SSSR count). The number of imidazole rings is 1. The van der Waals surface area contributed by atoms with Gasteiger partial charge in [-0.2, -0.15) is 4.98 Å². The van der Waals surface area contributed by atoms with Crippen molar-refractivity contribution >= 4 is 30.6 Å². The molecule has 0 spiro atoms. The van der Waals surface area contributed by atoms with Gasteiger partial charge in [-0.05, 0) is 30.9 Å². The van der Waals surface area contributed by atoms with Gasteiger partial charge in [-0.3, -0.25) is 24.3 Å². The van der Waals surface area contributed by atoms with E-state index in [9.17, 15) is 9.59 Å². The number of H-pyrrole nitrogens is 1. The van der Waals surface area contributed by atoms with E-state index in [0.717, 1.165) is 6.42 Å². The summed E-state index contributed by atoms with van der Waals surface area (Å²) in [6.45, 7) is 12.2. The van der Waals surface area contributed by atoms with Gasteiger partial charge in [-0.15, -0.1) is 12.8 Å². The lowest BCUT2D eigenvalue weighted by molar-refractivity contribution is -0.147. The molecule has 1 aromatic carbocycles. The molecule has 0 amide bonds. The maximum absolute atomic E-state index is 12.0. The molecule has 6 N–H and O–H groups in total. The number of terminal acetylenes is 1. The van der Waals surface area contributed by atoms with Gasteiger partial charge in [0.25, 0.3) is 13.1 Å². The first-order valence-corrected chi connectivity index (χ1v) is 15.7. The zero-order valence-corrected chi connectivity index (χ0v) is 26.5. The van der Waals surface area contributed by atoms with Crippen LogP contribution >= 0.6 is 7.51 Å². The summed E-state index contributed by atoms with van der Waals surface area (Å²) in [5.74, 6) is 0.456. The lowest BCUT2D eigenvalue weighted by Gasteiger charge is -2.23. The van der Waals surface area contributed by atoms with Crippen LogP contribution in [0, 0.1) is 29.3 Å². The normalized spacial score (nSPS) is 20.1. The number of nitrogen functional groups attached to an aromatic ring is 1. The monoisotopic (exact) mass is 617 g/mol. The van der Waals surface area contributed by atoms with Crippen LogP contribution in [0.3, 0.4) is 0 Å². The molecule has 1 fully saturated rings. The van der Waals surface area contributed by atoms with E-state index in [4.69, 9.17) is 35.2 Å². The second-order valence-corrected chi connectivity index (χ2v) is 13.7. The number of hydrogen-bond donors (Lipinski definition) is 4. The number of rotatable bonds is 9. The van der Waals surface area contributed by atoms with Crippen molar-refractivity contribution in [3.63, 3.8) is 0 Å². The Morgan fingerprint density at radius 3 is 2.53 bits per heavy atom. The number of carbonyl (C=O) groups is 1. The number of nitrogens with two attached hydrogens (primary N) is 2. The van der Waals surface area contributed by atoms with Gasteiger partial charge in [0.15, 0.2) is 11.2 Å². The number of fused-ring (bicyclic) bond motifs is 1. The number of nitrogens with one attached hydrogen (secondary N) is 2. The average molecular weight is 618 g/mol. The van der Waals surface area contributed by atoms with E-state index < -0.39 is 13.6 Å². The van der Waals surface area contributed by atoms with Crippen molar-refractivity contribution in [1.82, 2.24) is 19.5 Å². The fourth-order valence-electron chi connectivity index (χ4n) is 3.95. The van der Waals surface area contributed by atoms with Crippen LogP contribution in [0.5, 0.6) is 5.75 Å². The minimum atomic E-state index is -2.80. The quantitative estimate of drug-likeness (QED) is 0.151. The van der Waals surface area contributed by atoms with Gasteiger partial charge in [0, 0.05) is 12.1 Å². The first-order valence-electron chi connectivity index (χ1n) is 13.9. The van der Waals surface area contributed by atoms with Gasteiger partial charge in [-0.25, -0.2) is 4.98 Å². The standard InChI is InChI=1S/C19H25N6O4P.C8H17NO2.C2H2/c1-3-30(21,29-13-7-5-4-6-8-13)27-10-14-9-12(2)18(28-14)25-11-22-15-16(25)23-19(20)24-17(15)26;1-6(9)7(10)11-5-8(2,3)4;1-2/h4-8,11-12,14,18,21H,3,9-10H2,1-2H3,(H3,20,23,24,26);6H,5,9H2,1-4H3;1-2H/t12-,14-,18+,30?;6-;/m00./s1. The first kappa shape index (κ1) is 35.5. The molecule has 1 saturated heterocycles. The van der Waals surface area contributed by atoms with Gasteiger partial charge in [-0.1, -0.05) is 52.8 Å². The highest BCUT2D eigenvalue weighted by molar-refractivity contribution is 7.55. The Bertz CT molecular complexity index is 1450. The Kier molecular flexibility index (Phi) is 13.0. The zero-order valence-electron chi connectivity index (χ0n) is 25.6. The zero-order chi connectivity index (χ0) is 32.4. The molecule has 3 aromatic rings. The Morgan fingerprint density at radius 2 is 1.95 bits per heavy atom. The second-order valence-electron chi connectivity index (χ2n) is 11.3. The number of anilines is 1. The summed E-state index contributed by atoms with van der Waals surface area (Å²) < 4.78 is 24.6. The van der Waals surface area contributed by atoms with Crippen molar-refractivity contribution in [2.45, 2.75) is 66.3 Å². The molecule has 2 aromatic heterocycles. The van der Waals surface area contributed by atoms with E-state index in [1.807, 2.05) is 58.0 Å². The maximum Gasteiger partial charge on any atom is 0.322 e. The van der Waals surface area contributed by atoms with Crippen LogP contribution in [-0.4, -0.2) is 57.0 Å². The van der Waals surface area contributed by atoms with Gasteiger partial charge >= 0.3 is 5.97 Å². The SMILES string of the molecule is C#C.CCP(=N)(OC[C@@H]1C[C@H](C)[C@H](n2cnc3c(=O)[nH]c(N)nc32)O1)Oc1ccccc1.C[C@H](N)C(=O)OCC(C)(C)C. The highest BCUT2D eigenvalue weighted by atomic mass is 31.2. The smallest absolute Gasteiger partial charge is 0.322 e. The van der Waals surface area contributed by atoms with Crippen molar-refractivity contribution in [1.29, 1.82) is 5.16 Å². The molecule has 43 heavy (non-hydrogen) atoms. The highest BCUT2D eigenvalue weighted by Gasteiger charge is 2.36. The van der Waals surface area contributed by atoms with E-state index in [-0.39, 0.29) is 53.3 Å². The molecule has 1 unspecified atom stereocenters. The molecule has 1 aliphatic rings. The lowest BCUT2D eigenvalue weighted by Crippen LogP contribution is -2.31. The van der Waals surface area contributed by atoms with Gasteiger partial charge in [0.1, 0.15) is 18.0 Å². The number of esters is 1. The number of carbonyl (C=O) groups excluding carboxylic acids is 1. The van der Waals surface area contributed by atoms with Crippen molar-refractivity contribution in [2.24, 2.45) is 17.1 Å². The molecule has 0 bridgehead atoms. The van der Waals surface area contributed by atoms with E-state index in [2.05, 4.69) is 34.7 Å². The number of nitrogens with zero attached hydrogens (tertiary/aromatic N) is 3. The Hall–Kier alpha value is -3.69. The fraction of sp³-hybridized carbons (Fsp3) is 0.517. The Labute approximate surface area is 252 Å². The average Bonchev–Trinajstić information content (AvgIpc) is 3.55. The first-order chi connectivity index (χ1) is 20.2. The highest BCUT2D eigenvalue weighted by Crippen LogP contribution is 2.49. The number of hydrogen-bond acceptors (Lipinski definition) is 11. The molecule has 14 heteroatoms. The van der Waals surface area contributed by atoms with Crippen LogP contribution in [0.2, 0.25) is 0 Å². The minimum Gasteiger partial charge on any atom is -0.464 e. The van der Waals surface area contributed by atoms with E-state index in [0.29, 0.717) is 24.2 Å². The summed E-state index contributed by atoms with van der Waals surface area (Å²) in [5, 5.41) is 8.60. The molecule has 3 heterocycles. The van der Waals surface area contributed by atoms with Crippen LogP contribution in [0.15, 0.2) is 41.5 Å². The Morgan fingerprint density at radius 1 is 1.30 bits per heavy atom. The molecule has 5 atom stereocenters. The summed E-state index contributed by atoms with van der Waals surface area (Å²) in [6, 6.07) is 8.74. The molecule has 0 saturated carbocycles. The van der Waals surface area contributed by atoms with Gasteiger partial charge < -0.3 is 30.0 Å². The van der Waals surface area contributed by atoms with Crippen LogP contribution in [-0.2, 0) is 18.8 Å². The number of ether oxygens (including phenoxy) is 2. The van der Waals surface area contributed by atoms with Crippen molar-refractivity contribution in [3.8, 4) is 18.6 Å². The lowest BCUT2D eigenvalue weighted by atomic mass is 9.99. The van der Waals surface area contributed by atoms with E-state index >= 15 is 0 Å². The predicted molar refractivity (Wildman–Crippen MR) is 167 cm³/mol. The topological polar surface area (TPSA) is 193 Å². The van der Waals surface area contributed by atoms with Crippen molar-refractivity contribution < 1.29 is 23.3 Å². The number of para-hydroxylation sites is 1. The second kappa shape index (κ2) is 15.7. The number of benzene rings is 1. The summed E-state index contributed by atoms with van der Waals surface area (Å²) >= 11 is 0. The fourth-order valence-corrected chi connectivity index (χ4v) is 5.18. The molecule has 1 aliphatic heterocycles. The van der Waals surface area contributed by atoms with Crippen LogP contribution in [0.4, 0.5) is 5.95 Å². The summed E-state index contributed by atoms with van der Waals surface area (Å²) in [6.07, 6.45) is 10.2. The third-order valence-corrected chi connectivity index (χ3v) is 7.98. The van der Waals surface area contributed by atoms with Crippen LogP contribution < -0.4 is 21.6 Å². The number of aromatic nitrogens is 4. The van der Waals surface area contributed by atoms with Crippen LogP contribution in [0.25, 0.3) is 11.2 Å². The minimum absolute atomic E-state index is 0.0184. The third-order valence-electron chi connectivity index (χ3n) is 6.08. The van der Waals surface area contributed by atoms with E-state index in [1.165, 1.54) is 0 Å². The molecule has 236 valence electrons. The van der Waals surface area contributed by atoms with Gasteiger partial charge in [0.2, 0.25) is 5.95 Å². The molecular weight excluding hydrogens is 573 g/mol. The largest absolute Gasteiger partial charge is 0.464 e.